The lowest BCUT2D eigenvalue weighted by Gasteiger charge is -2.31. The van der Waals surface area contributed by atoms with E-state index in [4.69, 9.17) is 16.3 Å². The summed E-state index contributed by atoms with van der Waals surface area (Å²) in [4.78, 5) is 2.31. The Hall–Kier alpha value is -0.930. The third-order valence-corrected chi connectivity index (χ3v) is 4.17. The van der Waals surface area contributed by atoms with Crippen molar-refractivity contribution in [2.45, 2.75) is 44.7 Å². The lowest BCUT2D eigenvalue weighted by Crippen LogP contribution is -2.32. The van der Waals surface area contributed by atoms with Crippen LogP contribution in [-0.4, -0.2) is 30.2 Å². The molecule has 0 unspecified atom stereocenters. The van der Waals surface area contributed by atoms with Crippen molar-refractivity contribution < 1.29 is 9.84 Å². The molecule has 1 N–H and O–H groups in total. The first kappa shape index (κ1) is 14.5. The quantitative estimate of drug-likeness (QED) is 0.912. The van der Waals surface area contributed by atoms with Crippen molar-refractivity contribution in [1.29, 1.82) is 0 Å². The van der Waals surface area contributed by atoms with Crippen molar-refractivity contribution >= 4 is 11.6 Å². The number of methoxy groups -OCH3 is 1. The highest BCUT2D eigenvalue weighted by Crippen LogP contribution is 2.34. The molecule has 1 aliphatic rings. The number of phenolic OH excluding ortho intramolecular Hbond substituents is 1. The van der Waals surface area contributed by atoms with Gasteiger partial charge in [-0.05, 0) is 26.0 Å². The summed E-state index contributed by atoms with van der Waals surface area (Å²) in [5.74, 6) is 0.647. The molecule has 0 radical (unpaired) electrons. The highest BCUT2D eigenvalue weighted by molar-refractivity contribution is 6.30. The molecule has 19 heavy (non-hydrogen) atoms. The number of benzene rings is 1. The predicted octanol–water partition coefficient (Wildman–Crippen LogP) is 3.82. The van der Waals surface area contributed by atoms with E-state index in [-0.39, 0.29) is 5.75 Å². The fraction of sp³-hybridized carbons (Fsp3) is 0.600. The van der Waals surface area contributed by atoms with Gasteiger partial charge in [0.15, 0.2) is 11.5 Å². The summed E-state index contributed by atoms with van der Waals surface area (Å²) in [6.07, 6.45) is 6.45. The van der Waals surface area contributed by atoms with E-state index in [9.17, 15) is 5.11 Å². The van der Waals surface area contributed by atoms with Crippen LogP contribution in [0.4, 0.5) is 0 Å². The van der Waals surface area contributed by atoms with E-state index in [1.54, 1.807) is 13.2 Å². The van der Waals surface area contributed by atoms with E-state index in [1.165, 1.54) is 32.1 Å². The molecule has 0 atom stereocenters. The summed E-state index contributed by atoms with van der Waals surface area (Å²) >= 11 is 6.06. The van der Waals surface area contributed by atoms with Gasteiger partial charge in [0.05, 0.1) is 7.11 Å². The molecule has 0 heterocycles. The second kappa shape index (κ2) is 6.49. The van der Waals surface area contributed by atoms with Crippen molar-refractivity contribution in [2.75, 3.05) is 14.2 Å². The number of nitrogens with zero attached hydrogens (tertiary/aromatic N) is 1. The van der Waals surface area contributed by atoms with Crippen molar-refractivity contribution in [2.24, 2.45) is 0 Å². The van der Waals surface area contributed by atoms with E-state index < -0.39 is 0 Å². The number of ether oxygens (including phenoxy) is 1. The molecule has 1 aromatic carbocycles. The molecule has 0 amide bonds. The summed E-state index contributed by atoms with van der Waals surface area (Å²) in [6, 6.07) is 4.07. The smallest absolute Gasteiger partial charge is 0.162 e. The Kier molecular flexibility index (Phi) is 4.94. The van der Waals surface area contributed by atoms with E-state index in [1.807, 2.05) is 6.07 Å². The summed E-state index contributed by atoms with van der Waals surface area (Å²) in [5, 5.41) is 10.7. The first-order valence-electron chi connectivity index (χ1n) is 6.87. The number of phenols is 1. The molecular formula is C15H22ClNO2. The molecule has 0 saturated heterocycles. The average molecular weight is 284 g/mol. The van der Waals surface area contributed by atoms with E-state index in [0.29, 0.717) is 23.4 Å². The molecule has 3 nitrogen and oxygen atoms in total. The van der Waals surface area contributed by atoms with Crippen molar-refractivity contribution in [3.63, 3.8) is 0 Å². The number of hydrogen-bond donors (Lipinski definition) is 1. The Bertz CT molecular complexity index is 430. The molecule has 0 aliphatic heterocycles. The van der Waals surface area contributed by atoms with Crippen LogP contribution in [0.3, 0.4) is 0 Å². The number of aromatic hydroxyl groups is 1. The maximum absolute atomic E-state index is 10.2. The highest BCUT2D eigenvalue weighted by Gasteiger charge is 2.20. The molecule has 2 rings (SSSR count). The van der Waals surface area contributed by atoms with Gasteiger partial charge >= 0.3 is 0 Å². The Morgan fingerprint density at radius 3 is 2.63 bits per heavy atom. The normalized spacial score (nSPS) is 16.8. The Morgan fingerprint density at radius 2 is 2.00 bits per heavy atom. The van der Waals surface area contributed by atoms with Gasteiger partial charge < -0.3 is 9.84 Å². The van der Waals surface area contributed by atoms with Crippen LogP contribution in [0.25, 0.3) is 0 Å². The molecule has 1 aliphatic carbocycles. The Balaban J connectivity index is 2.11. The largest absolute Gasteiger partial charge is 0.504 e. The highest BCUT2D eigenvalue weighted by atomic mass is 35.5. The monoisotopic (exact) mass is 283 g/mol. The van der Waals surface area contributed by atoms with Crippen LogP contribution in [0.5, 0.6) is 11.5 Å². The van der Waals surface area contributed by atoms with Crippen LogP contribution in [-0.2, 0) is 6.54 Å². The topological polar surface area (TPSA) is 32.7 Å². The third-order valence-electron chi connectivity index (χ3n) is 3.96. The van der Waals surface area contributed by atoms with Crippen LogP contribution in [0.2, 0.25) is 5.02 Å². The fourth-order valence-electron chi connectivity index (χ4n) is 2.82. The molecule has 1 saturated carbocycles. The van der Waals surface area contributed by atoms with Crippen molar-refractivity contribution in [3.05, 3.63) is 22.7 Å². The zero-order valence-electron chi connectivity index (χ0n) is 11.7. The maximum Gasteiger partial charge on any atom is 0.162 e. The molecule has 0 spiro atoms. The first-order valence-corrected chi connectivity index (χ1v) is 7.25. The van der Waals surface area contributed by atoms with Crippen LogP contribution < -0.4 is 4.74 Å². The maximum atomic E-state index is 10.2. The predicted molar refractivity (Wildman–Crippen MR) is 78.0 cm³/mol. The zero-order valence-corrected chi connectivity index (χ0v) is 12.4. The zero-order chi connectivity index (χ0) is 13.8. The lowest BCUT2D eigenvalue weighted by molar-refractivity contribution is 0.182. The van der Waals surface area contributed by atoms with Crippen LogP contribution in [0, 0.1) is 0 Å². The van der Waals surface area contributed by atoms with Crippen LogP contribution in [0.1, 0.15) is 37.7 Å². The molecule has 0 bridgehead atoms. The molecule has 0 aromatic heterocycles. The van der Waals surface area contributed by atoms with Gasteiger partial charge in [-0.1, -0.05) is 30.9 Å². The summed E-state index contributed by atoms with van der Waals surface area (Å²) < 4.78 is 5.14. The van der Waals surface area contributed by atoms with Crippen molar-refractivity contribution in [1.82, 2.24) is 4.90 Å². The average Bonchev–Trinajstić information content (AvgIpc) is 2.43. The van der Waals surface area contributed by atoms with Gasteiger partial charge in [-0.25, -0.2) is 0 Å². The standard InChI is InChI=1S/C15H22ClNO2/c1-17(13-6-4-3-5-7-13)10-11-8-12(16)9-14(19-2)15(11)18/h8-9,13,18H,3-7,10H2,1-2H3. The molecule has 1 fully saturated rings. The second-order valence-corrected chi connectivity index (χ2v) is 5.76. The fourth-order valence-corrected chi connectivity index (χ4v) is 3.05. The molecule has 4 heteroatoms. The summed E-state index contributed by atoms with van der Waals surface area (Å²) in [5.41, 5.74) is 0.831. The van der Waals surface area contributed by atoms with Crippen LogP contribution in [0.15, 0.2) is 12.1 Å². The van der Waals surface area contributed by atoms with E-state index in [2.05, 4.69) is 11.9 Å². The minimum atomic E-state index is 0.203. The summed E-state index contributed by atoms with van der Waals surface area (Å²) in [7, 11) is 3.66. The minimum Gasteiger partial charge on any atom is -0.504 e. The van der Waals surface area contributed by atoms with Crippen LogP contribution >= 0.6 is 11.6 Å². The van der Waals surface area contributed by atoms with Crippen molar-refractivity contribution in [3.8, 4) is 11.5 Å². The second-order valence-electron chi connectivity index (χ2n) is 5.32. The van der Waals surface area contributed by atoms with Gasteiger partial charge in [0, 0.05) is 29.2 Å². The summed E-state index contributed by atoms with van der Waals surface area (Å²) in [6.45, 7) is 0.702. The Labute approximate surface area is 120 Å². The van der Waals surface area contributed by atoms with Gasteiger partial charge in [-0.15, -0.1) is 0 Å². The number of rotatable bonds is 4. The number of hydrogen-bond acceptors (Lipinski definition) is 3. The minimum absolute atomic E-state index is 0.203. The third kappa shape index (κ3) is 3.54. The lowest BCUT2D eigenvalue weighted by atomic mass is 9.94. The van der Waals surface area contributed by atoms with Gasteiger partial charge in [-0.2, -0.15) is 0 Å². The Morgan fingerprint density at radius 1 is 1.32 bits per heavy atom. The van der Waals surface area contributed by atoms with Gasteiger partial charge in [-0.3, -0.25) is 4.90 Å². The van der Waals surface area contributed by atoms with E-state index >= 15 is 0 Å². The van der Waals surface area contributed by atoms with Gasteiger partial charge in [0.1, 0.15) is 0 Å². The number of halogens is 1. The van der Waals surface area contributed by atoms with Gasteiger partial charge in [0.25, 0.3) is 0 Å². The molecular weight excluding hydrogens is 262 g/mol. The molecule has 1 aromatic rings. The molecule has 106 valence electrons. The SMILES string of the molecule is COc1cc(Cl)cc(CN(C)C2CCCCC2)c1O. The van der Waals surface area contributed by atoms with Gasteiger partial charge in [0.2, 0.25) is 0 Å². The first-order chi connectivity index (χ1) is 9.11. The van der Waals surface area contributed by atoms with E-state index in [0.717, 1.165) is 5.56 Å².